The van der Waals surface area contributed by atoms with E-state index >= 15 is 0 Å². The molecule has 2 aromatic heterocycles. The maximum atomic E-state index is 12.2. The fourth-order valence-corrected chi connectivity index (χ4v) is 2.67. The van der Waals surface area contributed by atoms with Gasteiger partial charge in [-0.1, -0.05) is 6.07 Å². The van der Waals surface area contributed by atoms with Crippen molar-refractivity contribution in [2.45, 2.75) is 13.0 Å². The highest BCUT2D eigenvalue weighted by atomic mass is 16.5. The number of benzene rings is 1. The van der Waals surface area contributed by atoms with E-state index in [0.717, 1.165) is 10.2 Å². The molecule has 1 N–H and O–H groups in total. The molecule has 0 aliphatic carbocycles. The van der Waals surface area contributed by atoms with Crippen LogP contribution >= 0.6 is 0 Å². The van der Waals surface area contributed by atoms with Crippen molar-refractivity contribution in [1.82, 2.24) is 19.5 Å². The van der Waals surface area contributed by atoms with Gasteiger partial charge in [0.25, 0.3) is 5.56 Å². The van der Waals surface area contributed by atoms with Crippen molar-refractivity contribution in [2.24, 2.45) is 0 Å². The van der Waals surface area contributed by atoms with Gasteiger partial charge in [0.05, 0.1) is 14.2 Å². The minimum absolute atomic E-state index is 0.119. The minimum atomic E-state index is -0.299. The highest BCUT2D eigenvalue weighted by Gasteiger charge is 2.09. The van der Waals surface area contributed by atoms with E-state index in [0.29, 0.717) is 30.0 Å². The van der Waals surface area contributed by atoms with Gasteiger partial charge in [-0.05, 0) is 36.2 Å². The normalized spacial score (nSPS) is 10.7. The Labute approximate surface area is 150 Å². The van der Waals surface area contributed by atoms with E-state index in [1.807, 2.05) is 18.2 Å². The van der Waals surface area contributed by atoms with E-state index in [1.165, 1.54) is 6.33 Å². The molecule has 0 saturated carbocycles. The Balaban J connectivity index is 1.57. The van der Waals surface area contributed by atoms with Crippen LogP contribution in [0, 0.1) is 0 Å². The molecule has 8 nitrogen and oxygen atoms in total. The van der Waals surface area contributed by atoms with Gasteiger partial charge in [0, 0.05) is 12.7 Å². The van der Waals surface area contributed by atoms with Gasteiger partial charge in [0.15, 0.2) is 11.5 Å². The Hall–Kier alpha value is -3.29. The number of nitrogens with one attached hydrogen (secondary N) is 1. The molecule has 3 rings (SSSR count). The van der Waals surface area contributed by atoms with E-state index in [-0.39, 0.29) is 18.0 Å². The number of methoxy groups -OCH3 is 2. The van der Waals surface area contributed by atoms with Gasteiger partial charge in [-0.15, -0.1) is 0 Å². The van der Waals surface area contributed by atoms with Crippen LogP contribution in [0.3, 0.4) is 0 Å². The third-order valence-electron chi connectivity index (χ3n) is 4.03. The smallest absolute Gasteiger partial charge is 0.291 e. The molecular formula is C18H20N4O4. The molecule has 0 fully saturated rings. The third-order valence-corrected chi connectivity index (χ3v) is 4.03. The Morgan fingerprint density at radius 2 is 2.00 bits per heavy atom. The largest absolute Gasteiger partial charge is 0.493 e. The van der Waals surface area contributed by atoms with Crippen LogP contribution in [0.15, 0.2) is 47.7 Å². The van der Waals surface area contributed by atoms with Crippen LogP contribution < -0.4 is 20.3 Å². The second-order valence-electron chi connectivity index (χ2n) is 5.68. The van der Waals surface area contributed by atoms with Crippen molar-refractivity contribution < 1.29 is 14.3 Å². The van der Waals surface area contributed by atoms with Crippen LogP contribution in [0.1, 0.15) is 5.56 Å². The molecule has 0 spiro atoms. The molecule has 0 radical (unpaired) electrons. The van der Waals surface area contributed by atoms with Gasteiger partial charge in [-0.3, -0.25) is 9.59 Å². The number of carbonyl (C=O) groups excluding carboxylic acids is 1. The second kappa shape index (κ2) is 7.73. The summed E-state index contributed by atoms with van der Waals surface area (Å²) < 4.78 is 13.2. The predicted octanol–water partition coefficient (Wildman–Crippen LogP) is 0.872. The standard InChI is InChI=1S/C18H20N4O4/c1-25-15-6-5-13(10-16(15)26-2)7-8-19-17(23)11-22-18(24)14-4-3-9-21(14)12-20-22/h3-6,9-10,12H,7-8,11H2,1-2H3,(H,19,23). The average molecular weight is 356 g/mol. The predicted molar refractivity (Wildman–Crippen MR) is 95.7 cm³/mol. The number of fused-ring (bicyclic) bond motifs is 1. The molecule has 1 amide bonds. The monoisotopic (exact) mass is 356 g/mol. The number of rotatable bonds is 7. The maximum absolute atomic E-state index is 12.2. The van der Waals surface area contributed by atoms with Gasteiger partial charge >= 0.3 is 0 Å². The Morgan fingerprint density at radius 3 is 2.77 bits per heavy atom. The molecular weight excluding hydrogens is 336 g/mol. The number of carbonyl (C=O) groups is 1. The first kappa shape index (κ1) is 17.5. The minimum Gasteiger partial charge on any atom is -0.493 e. The van der Waals surface area contributed by atoms with Crippen LogP contribution in [-0.4, -0.2) is 40.9 Å². The molecule has 0 atom stereocenters. The molecule has 1 aromatic carbocycles. The van der Waals surface area contributed by atoms with Crippen molar-refractivity contribution in [2.75, 3.05) is 20.8 Å². The van der Waals surface area contributed by atoms with Crippen LogP contribution in [0.2, 0.25) is 0 Å². The Bertz CT molecular complexity index is 977. The molecule has 3 aromatic rings. The lowest BCUT2D eigenvalue weighted by molar-refractivity contribution is -0.121. The lowest BCUT2D eigenvalue weighted by Crippen LogP contribution is -2.35. The van der Waals surface area contributed by atoms with Crippen molar-refractivity contribution in [3.63, 3.8) is 0 Å². The molecule has 0 unspecified atom stereocenters. The van der Waals surface area contributed by atoms with E-state index < -0.39 is 0 Å². The SMILES string of the molecule is COc1ccc(CCNC(=O)Cn2ncn3cccc3c2=O)cc1OC. The van der Waals surface area contributed by atoms with E-state index in [4.69, 9.17) is 9.47 Å². The lowest BCUT2D eigenvalue weighted by Gasteiger charge is -2.10. The van der Waals surface area contributed by atoms with Crippen molar-refractivity contribution in [3.8, 4) is 11.5 Å². The van der Waals surface area contributed by atoms with E-state index in [1.54, 1.807) is 36.9 Å². The van der Waals surface area contributed by atoms with Gasteiger partial charge in [0.2, 0.25) is 5.91 Å². The molecule has 0 aliphatic heterocycles. The summed E-state index contributed by atoms with van der Waals surface area (Å²) in [7, 11) is 3.16. The summed E-state index contributed by atoms with van der Waals surface area (Å²) in [5.41, 5.74) is 1.19. The highest BCUT2D eigenvalue weighted by molar-refractivity contribution is 5.75. The van der Waals surface area contributed by atoms with Crippen molar-refractivity contribution in [3.05, 3.63) is 58.8 Å². The maximum Gasteiger partial charge on any atom is 0.291 e. The van der Waals surface area contributed by atoms with Crippen LogP contribution in [0.5, 0.6) is 11.5 Å². The van der Waals surface area contributed by atoms with Crippen LogP contribution in [-0.2, 0) is 17.8 Å². The van der Waals surface area contributed by atoms with Crippen LogP contribution in [0.4, 0.5) is 0 Å². The second-order valence-corrected chi connectivity index (χ2v) is 5.68. The first-order chi connectivity index (χ1) is 12.6. The molecule has 26 heavy (non-hydrogen) atoms. The topological polar surface area (TPSA) is 86.9 Å². The van der Waals surface area contributed by atoms with Gasteiger partial charge in [0.1, 0.15) is 18.4 Å². The molecule has 0 bridgehead atoms. The summed E-state index contributed by atoms with van der Waals surface area (Å²) in [5.74, 6) is 1.04. The zero-order valence-electron chi connectivity index (χ0n) is 14.6. The van der Waals surface area contributed by atoms with Crippen molar-refractivity contribution >= 4 is 11.4 Å². The summed E-state index contributed by atoms with van der Waals surface area (Å²) >= 11 is 0. The molecule has 8 heteroatoms. The number of hydrogen-bond donors (Lipinski definition) is 1. The zero-order chi connectivity index (χ0) is 18.5. The number of ether oxygens (including phenoxy) is 2. The Kier molecular flexibility index (Phi) is 5.21. The van der Waals surface area contributed by atoms with Gasteiger partial charge < -0.3 is 19.2 Å². The number of amides is 1. The average Bonchev–Trinajstić information content (AvgIpc) is 3.13. The summed E-state index contributed by atoms with van der Waals surface area (Å²) in [6.07, 6.45) is 3.87. The molecule has 0 saturated heterocycles. The number of nitrogens with zero attached hydrogens (tertiary/aromatic N) is 3. The van der Waals surface area contributed by atoms with Crippen LogP contribution in [0.25, 0.3) is 5.52 Å². The quantitative estimate of drug-likeness (QED) is 0.679. The summed E-state index contributed by atoms with van der Waals surface area (Å²) in [6.45, 7) is 0.322. The molecule has 0 aliphatic rings. The van der Waals surface area contributed by atoms with E-state index in [9.17, 15) is 9.59 Å². The summed E-state index contributed by atoms with van der Waals surface area (Å²) in [6, 6.07) is 9.06. The summed E-state index contributed by atoms with van der Waals surface area (Å²) in [5, 5.41) is 6.80. The van der Waals surface area contributed by atoms with Gasteiger partial charge in [-0.2, -0.15) is 5.10 Å². The number of hydrogen-bond acceptors (Lipinski definition) is 5. The molecule has 2 heterocycles. The first-order valence-electron chi connectivity index (χ1n) is 8.13. The fourth-order valence-electron chi connectivity index (χ4n) is 2.67. The lowest BCUT2D eigenvalue weighted by atomic mass is 10.1. The van der Waals surface area contributed by atoms with E-state index in [2.05, 4.69) is 10.4 Å². The zero-order valence-corrected chi connectivity index (χ0v) is 14.6. The third kappa shape index (κ3) is 3.69. The highest BCUT2D eigenvalue weighted by Crippen LogP contribution is 2.27. The fraction of sp³-hybridized carbons (Fsp3) is 0.278. The Morgan fingerprint density at radius 1 is 1.19 bits per heavy atom. The number of aromatic nitrogens is 3. The van der Waals surface area contributed by atoms with Gasteiger partial charge in [-0.25, -0.2) is 4.68 Å². The van der Waals surface area contributed by atoms with Crippen molar-refractivity contribution in [1.29, 1.82) is 0 Å². The summed E-state index contributed by atoms with van der Waals surface area (Å²) in [4.78, 5) is 24.3. The molecule has 136 valence electrons. The first-order valence-corrected chi connectivity index (χ1v) is 8.13.